The van der Waals surface area contributed by atoms with Gasteiger partial charge in [-0.05, 0) is 30.3 Å². The second-order valence-electron chi connectivity index (χ2n) is 5.17. The zero-order valence-corrected chi connectivity index (χ0v) is 13.9. The molecule has 0 aliphatic heterocycles. The van der Waals surface area contributed by atoms with Crippen LogP contribution in [0.2, 0.25) is 0 Å². The second kappa shape index (κ2) is 7.48. The second-order valence-corrected chi connectivity index (χ2v) is 5.17. The maximum Gasteiger partial charge on any atom is 0.251 e. The third kappa shape index (κ3) is 3.77. The molecule has 128 valence electrons. The summed E-state index contributed by atoms with van der Waals surface area (Å²) in [6, 6.07) is 10.5. The van der Waals surface area contributed by atoms with Crippen molar-refractivity contribution in [2.45, 2.75) is 6.54 Å². The lowest BCUT2D eigenvalue weighted by Crippen LogP contribution is -2.22. The van der Waals surface area contributed by atoms with Crippen LogP contribution in [0.4, 0.5) is 0 Å². The van der Waals surface area contributed by atoms with Gasteiger partial charge in [0.05, 0.1) is 20.8 Å². The predicted octanol–water partition coefficient (Wildman–Crippen LogP) is 2.68. The Morgan fingerprint density at radius 1 is 1.08 bits per heavy atom. The molecule has 1 amide bonds. The summed E-state index contributed by atoms with van der Waals surface area (Å²) in [7, 11) is 3.15. The van der Waals surface area contributed by atoms with E-state index in [4.69, 9.17) is 14.0 Å². The van der Waals surface area contributed by atoms with Gasteiger partial charge in [-0.25, -0.2) is 0 Å². The van der Waals surface area contributed by atoms with Gasteiger partial charge in [-0.3, -0.25) is 9.78 Å². The van der Waals surface area contributed by atoms with Crippen molar-refractivity contribution in [3.63, 3.8) is 0 Å². The van der Waals surface area contributed by atoms with Crippen LogP contribution in [0.1, 0.15) is 16.1 Å². The molecule has 7 heteroatoms. The molecule has 0 saturated carbocycles. The molecule has 0 unspecified atom stereocenters. The van der Waals surface area contributed by atoms with Gasteiger partial charge in [-0.1, -0.05) is 5.16 Å². The summed E-state index contributed by atoms with van der Waals surface area (Å²) in [6.07, 6.45) is 3.14. The summed E-state index contributed by atoms with van der Waals surface area (Å²) in [5.41, 5.74) is 1.96. The topological polar surface area (TPSA) is 86.5 Å². The number of benzene rings is 1. The number of nitrogens with one attached hydrogen (secondary N) is 1. The summed E-state index contributed by atoms with van der Waals surface area (Å²) >= 11 is 0. The molecule has 0 spiro atoms. The van der Waals surface area contributed by atoms with Crippen molar-refractivity contribution < 1.29 is 18.8 Å². The summed E-state index contributed by atoms with van der Waals surface area (Å²) in [5.74, 6) is 1.62. The number of aromatic nitrogens is 2. The lowest BCUT2D eigenvalue weighted by Gasteiger charge is -2.07. The Morgan fingerprint density at radius 2 is 1.84 bits per heavy atom. The van der Waals surface area contributed by atoms with Gasteiger partial charge in [0.2, 0.25) is 0 Å². The van der Waals surface area contributed by atoms with E-state index in [0.29, 0.717) is 28.5 Å². The molecule has 0 atom stereocenters. The van der Waals surface area contributed by atoms with E-state index >= 15 is 0 Å². The number of hydrogen-bond donors (Lipinski definition) is 1. The normalized spacial score (nSPS) is 10.3. The number of rotatable bonds is 6. The van der Waals surface area contributed by atoms with Gasteiger partial charge in [0.15, 0.2) is 17.3 Å². The van der Waals surface area contributed by atoms with Crippen LogP contribution in [-0.4, -0.2) is 30.3 Å². The molecule has 1 N–H and O–H groups in total. The number of hydrogen-bond acceptors (Lipinski definition) is 6. The van der Waals surface area contributed by atoms with Gasteiger partial charge < -0.3 is 19.3 Å². The van der Waals surface area contributed by atoms with Gasteiger partial charge in [0.25, 0.3) is 5.91 Å². The Bertz CT molecular complexity index is 862. The largest absolute Gasteiger partial charge is 0.493 e. The van der Waals surface area contributed by atoms with E-state index in [2.05, 4.69) is 15.5 Å². The number of carbonyl (C=O) groups is 1. The van der Waals surface area contributed by atoms with Crippen molar-refractivity contribution in [1.82, 2.24) is 15.5 Å². The lowest BCUT2D eigenvalue weighted by atomic mass is 10.1. The van der Waals surface area contributed by atoms with E-state index < -0.39 is 0 Å². The molecule has 0 radical (unpaired) electrons. The minimum Gasteiger partial charge on any atom is -0.493 e. The fraction of sp³-hybridized carbons (Fsp3) is 0.167. The van der Waals surface area contributed by atoms with Crippen LogP contribution in [0, 0.1) is 0 Å². The molecule has 2 aromatic heterocycles. The van der Waals surface area contributed by atoms with Gasteiger partial charge >= 0.3 is 0 Å². The van der Waals surface area contributed by atoms with Crippen LogP contribution in [-0.2, 0) is 6.54 Å². The van der Waals surface area contributed by atoms with Crippen LogP contribution in [0.25, 0.3) is 11.3 Å². The number of nitrogens with zero attached hydrogens (tertiary/aromatic N) is 2. The van der Waals surface area contributed by atoms with Crippen LogP contribution in [0.3, 0.4) is 0 Å². The molecule has 7 nitrogen and oxygen atoms in total. The molecule has 0 fully saturated rings. The standard InChI is InChI=1S/C18H17N3O4/c1-23-15-4-3-13(9-17(15)24-2)16-10-14(21-25-16)11-20-18(22)12-5-7-19-8-6-12/h3-10H,11H2,1-2H3,(H,20,22). The smallest absolute Gasteiger partial charge is 0.251 e. The molecular weight excluding hydrogens is 322 g/mol. The van der Waals surface area contributed by atoms with Crippen molar-refractivity contribution in [2.24, 2.45) is 0 Å². The molecular formula is C18H17N3O4. The quantitative estimate of drug-likeness (QED) is 0.743. The number of ether oxygens (including phenoxy) is 2. The maximum absolute atomic E-state index is 12.0. The zero-order valence-electron chi connectivity index (χ0n) is 13.9. The fourth-order valence-corrected chi connectivity index (χ4v) is 2.30. The number of pyridine rings is 1. The average molecular weight is 339 g/mol. The van der Waals surface area contributed by atoms with Crippen molar-refractivity contribution >= 4 is 5.91 Å². The van der Waals surface area contributed by atoms with E-state index in [-0.39, 0.29) is 12.5 Å². The van der Waals surface area contributed by atoms with E-state index in [1.54, 1.807) is 56.9 Å². The summed E-state index contributed by atoms with van der Waals surface area (Å²) < 4.78 is 15.9. The molecule has 0 saturated heterocycles. The summed E-state index contributed by atoms with van der Waals surface area (Å²) in [4.78, 5) is 15.9. The third-order valence-electron chi connectivity index (χ3n) is 3.60. The van der Waals surface area contributed by atoms with Crippen molar-refractivity contribution in [3.05, 3.63) is 60.0 Å². The Hall–Kier alpha value is -3.35. The monoisotopic (exact) mass is 339 g/mol. The molecule has 3 aromatic rings. The Kier molecular flexibility index (Phi) is 4.94. The highest BCUT2D eigenvalue weighted by Crippen LogP contribution is 2.32. The highest BCUT2D eigenvalue weighted by atomic mass is 16.5. The first-order valence-corrected chi connectivity index (χ1v) is 7.57. The zero-order chi connectivity index (χ0) is 17.6. The molecule has 2 heterocycles. The first-order valence-electron chi connectivity index (χ1n) is 7.57. The Morgan fingerprint density at radius 3 is 2.56 bits per heavy atom. The first-order chi connectivity index (χ1) is 12.2. The number of carbonyl (C=O) groups excluding carboxylic acids is 1. The van der Waals surface area contributed by atoms with Crippen LogP contribution >= 0.6 is 0 Å². The van der Waals surface area contributed by atoms with Crippen molar-refractivity contribution in [3.8, 4) is 22.8 Å². The van der Waals surface area contributed by atoms with E-state index in [1.807, 2.05) is 6.07 Å². The fourth-order valence-electron chi connectivity index (χ4n) is 2.30. The SMILES string of the molecule is COc1ccc(-c2cc(CNC(=O)c3ccncc3)no2)cc1OC. The van der Waals surface area contributed by atoms with E-state index in [0.717, 1.165) is 5.56 Å². The van der Waals surface area contributed by atoms with Gasteiger partial charge in [-0.2, -0.15) is 0 Å². The molecule has 3 rings (SSSR count). The average Bonchev–Trinajstić information content (AvgIpc) is 3.15. The van der Waals surface area contributed by atoms with E-state index in [9.17, 15) is 4.79 Å². The van der Waals surface area contributed by atoms with E-state index in [1.165, 1.54) is 0 Å². The Labute approximate surface area is 144 Å². The first kappa shape index (κ1) is 16.5. The summed E-state index contributed by atoms with van der Waals surface area (Å²) in [6.45, 7) is 0.262. The minimum absolute atomic E-state index is 0.196. The number of methoxy groups -OCH3 is 2. The number of amides is 1. The molecule has 0 bridgehead atoms. The molecule has 1 aromatic carbocycles. The molecule has 0 aliphatic carbocycles. The van der Waals surface area contributed by atoms with Gasteiger partial charge in [0, 0.05) is 29.6 Å². The maximum atomic E-state index is 12.0. The van der Waals surface area contributed by atoms with Gasteiger partial charge in [0.1, 0.15) is 5.69 Å². The third-order valence-corrected chi connectivity index (χ3v) is 3.60. The lowest BCUT2D eigenvalue weighted by molar-refractivity contribution is 0.0950. The minimum atomic E-state index is -0.196. The van der Waals surface area contributed by atoms with Crippen molar-refractivity contribution in [1.29, 1.82) is 0 Å². The van der Waals surface area contributed by atoms with Crippen LogP contribution < -0.4 is 14.8 Å². The van der Waals surface area contributed by atoms with Gasteiger partial charge in [-0.15, -0.1) is 0 Å². The van der Waals surface area contributed by atoms with Crippen LogP contribution in [0.15, 0.2) is 53.3 Å². The summed E-state index contributed by atoms with van der Waals surface area (Å²) in [5, 5.41) is 6.77. The highest BCUT2D eigenvalue weighted by molar-refractivity contribution is 5.93. The highest BCUT2D eigenvalue weighted by Gasteiger charge is 2.12. The van der Waals surface area contributed by atoms with Crippen LogP contribution in [0.5, 0.6) is 11.5 Å². The molecule has 0 aliphatic rings. The predicted molar refractivity (Wildman–Crippen MR) is 90.5 cm³/mol. The van der Waals surface area contributed by atoms with Crippen molar-refractivity contribution in [2.75, 3.05) is 14.2 Å². The Balaban J connectivity index is 1.69. The molecule has 25 heavy (non-hydrogen) atoms.